The lowest BCUT2D eigenvalue weighted by Gasteiger charge is -2.26. The Morgan fingerprint density at radius 2 is 1.91 bits per heavy atom. The molecule has 7 nitrogen and oxygen atoms in total. The van der Waals surface area contributed by atoms with Gasteiger partial charge in [0.05, 0.1) is 41.6 Å². The lowest BCUT2D eigenvalue weighted by Crippen LogP contribution is -2.35. The number of aryl methyl sites for hydroxylation is 1. The van der Waals surface area contributed by atoms with Crippen LogP contribution in [0.2, 0.25) is 5.02 Å². The summed E-state index contributed by atoms with van der Waals surface area (Å²) in [4.78, 5) is 7.18. The second-order valence-corrected chi connectivity index (χ2v) is 8.84. The Bertz CT molecular complexity index is 1290. The van der Waals surface area contributed by atoms with Crippen LogP contribution in [0.4, 0.5) is 0 Å². The van der Waals surface area contributed by atoms with Crippen LogP contribution < -0.4 is 4.74 Å². The van der Waals surface area contributed by atoms with Crippen LogP contribution in [0.3, 0.4) is 0 Å². The number of ether oxygens (including phenoxy) is 2. The number of fused-ring (bicyclic) bond motifs is 3. The molecule has 180 valence electrons. The van der Waals surface area contributed by atoms with Gasteiger partial charge in [-0.25, -0.2) is 4.98 Å². The van der Waals surface area contributed by atoms with Crippen LogP contribution in [0.1, 0.15) is 31.0 Å². The third-order valence-electron chi connectivity index (χ3n) is 6.01. The molecule has 1 aliphatic rings. The van der Waals surface area contributed by atoms with Crippen LogP contribution in [-0.2, 0) is 11.3 Å². The van der Waals surface area contributed by atoms with Crippen molar-refractivity contribution in [3.05, 3.63) is 52.7 Å². The van der Waals surface area contributed by atoms with Gasteiger partial charge in [-0.05, 0) is 49.2 Å². The van der Waals surface area contributed by atoms with Crippen molar-refractivity contribution in [2.75, 3.05) is 32.9 Å². The summed E-state index contributed by atoms with van der Waals surface area (Å²) in [7, 11) is 0. The summed E-state index contributed by atoms with van der Waals surface area (Å²) in [5.41, 5.74) is 5.44. The minimum absolute atomic E-state index is 0. The van der Waals surface area contributed by atoms with Gasteiger partial charge < -0.3 is 9.47 Å². The molecular weight excluding hydrogens is 473 g/mol. The lowest BCUT2D eigenvalue weighted by molar-refractivity contribution is 0.0342. The summed E-state index contributed by atoms with van der Waals surface area (Å²) in [6, 6.07) is 12.1. The summed E-state index contributed by atoms with van der Waals surface area (Å²) in [6.45, 7) is 9.10. The summed E-state index contributed by atoms with van der Waals surface area (Å²) in [6.07, 6.45) is 2.09. The highest BCUT2D eigenvalue weighted by Crippen LogP contribution is 2.33. The highest BCUT2D eigenvalue weighted by Gasteiger charge is 2.18. The SMILES string of the molecule is CCCCOc1ccc(Cl)c(-c2nnc3c(C)nc4ccc(CN5CCOCC5)cc4n23)c1.Cl. The molecule has 0 aliphatic carbocycles. The number of morpholine rings is 1. The monoisotopic (exact) mass is 501 g/mol. The van der Waals surface area contributed by atoms with E-state index in [2.05, 4.69) is 44.6 Å². The van der Waals surface area contributed by atoms with Crippen LogP contribution in [-0.4, -0.2) is 57.4 Å². The van der Waals surface area contributed by atoms with E-state index in [1.165, 1.54) is 5.56 Å². The van der Waals surface area contributed by atoms with Crippen molar-refractivity contribution in [3.8, 4) is 17.1 Å². The van der Waals surface area contributed by atoms with Crippen LogP contribution >= 0.6 is 24.0 Å². The first-order valence-electron chi connectivity index (χ1n) is 11.5. The van der Waals surface area contributed by atoms with Crippen molar-refractivity contribution >= 4 is 40.7 Å². The molecule has 2 aromatic carbocycles. The van der Waals surface area contributed by atoms with E-state index in [1.807, 2.05) is 25.1 Å². The zero-order valence-corrected chi connectivity index (χ0v) is 21.0. The van der Waals surface area contributed by atoms with Crippen molar-refractivity contribution in [3.63, 3.8) is 0 Å². The van der Waals surface area contributed by atoms with E-state index >= 15 is 0 Å². The van der Waals surface area contributed by atoms with E-state index in [0.717, 1.165) is 79.4 Å². The highest BCUT2D eigenvalue weighted by atomic mass is 35.5. The third kappa shape index (κ3) is 4.98. The first-order valence-corrected chi connectivity index (χ1v) is 11.9. The van der Waals surface area contributed by atoms with Crippen LogP contribution in [0.15, 0.2) is 36.4 Å². The van der Waals surface area contributed by atoms with Gasteiger partial charge in [-0.15, -0.1) is 22.6 Å². The van der Waals surface area contributed by atoms with E-state index in [0.29, 0.717) is 17.5 Å². The Balaban J connectivity index is 0.00000274. The van der Waals surface area contributed by atoms with Gasteiger partial charge in [0.2, 0.25) is 0 Å². The molecule has 0 radical (unpaired) electrons. The highest BCUT2D eigenvalue weighted by molar-refractivity contribution is 6.33. The fourth-order valence-electron chi connectivity index (χ4n) is 4.21. The Hall–Kier alpha value is -2.45. The van der Waals surface area contributed by atoms with Gasteiger partial charge in [0, 0.05) is 25.2 Å². The zero-order chi connectivity index (χ0) is 22.8. The molecule has 0 spiro atoms. The molecule has 0 atom stereocenters. The maximum atomic E-state index is 6.63. The molecule has 34 heavy (non-hydrogen) atoms. The predicted octanol–water partition coefficient (Wildman–Crippen LogP) is 5.34. The standard InChI is InChI=1S/C25H28ClN5O2.ClH/c1-3-4-11-33-19-6-7-21(26)20(15-19)25-29-28-24-17(2)27-22-8-5-18(14-23(22)31(24)25)16-30-9-12-32-13-10-30;/h5-8,14-15H,3-4,9-13,16H2,1-2H3;1H. The van der Waals surface area contributed by atoms with Crippen molar-refractivity contribution in [1.82, 2.24) is 24.5 Å². The molecule has 5 rings (SSSR count). The average molecular weight is 502 g/mol. The number of aromatic nitrogens is 4. The quantitative estimate of drug-likeness (QED) is 0.318. The molecule has 9 heteroatoms. The molecule has 1 saturated heterocycles. The van der Waals surface area contributed by atoms with E-state index < -0.39 is 0 Å². The summed E-state index contributed by atoms with van der Waals surface area (Å²) >= 11 is 6.63. The van der Waals surface area contributed by atoms with Gasteiger partial charge in [-0.1, -0.05) is 31.0 Å². The number of benzene rings is 2. The number of halogens is 2. The number of hydrogen-bond acceptors (Lipinski definition) is 6. The average Bonchev–Trinajstić information content (AvgIpc) is 3.27. The fourth-order valence-corrected chi connectivity index (χ4v) is 4.41. The number of nitrogens with zero attached hydrogens (tertiary/aromatic N) is 5. The maximum Gasteiger partial charge on any atom is 0.183 e. The van der Waals surface area contributed by atoms with E-state index in [-0.39, 0.29) is 12.4 Å². The molecule has 0 saturated carbocycles. The van der Waals surface area contributed by atoms with Gasteiger partial charge in [0.25, 0.3) is 0 Å². The Morgan fingerprint density at radius 3 is 2.71 bits per heavy atom. The molecule has 3 heterocycles. The number of rotatable bonds is 7. The largest absolute Gasteiger partial charge is 0.494 e. The van der Waals surface area contributed by atoms with Gasteiger partial charge >= 0.3 is 0 Å². The van der Waals surface area contributed by atoms with E-state index in [1.54, 1.807) is 0 Å². The lowest BCUT2D eigenvalue weighted by atomic mass is 10.1. The molecule has 0 unspecified atom stereocenters. The molecule has 0 amide bonds. The predicted molar refractivity (Wildman–Crippen MR) is 137 cm³/mol. The Kier molecular flexibility index (Phi) is 7.88. The third-order valence-corrected chi connectivity index (χ3v) is 6.34. The molecule has 0 N–H and O–H groups in total. The van der Waals surface area contributed by atoms with Crippen LogP contribution in [0, 0.1) is 6.92 Å². The zero-order valence-electron chi connectivity index (χ0n) is 19.5. The number of hydrogen-bond donors (Lipinski definition) is 0. The smallest absolute Gasteiger partial charge is 0.183 e. The topological polar surface area (TPSA) is 64.8 Å². The minimum atomic E-state index is 0. The minimum Gasteiger partial charge on any atom is -0.494 e. The first-order chi connectivity index (χ1) is 16.1. The van der Waals surface area contributed by atoms with Gasteiger partial charge in [-0.3, -0.25) is 9.30 Å². The molecule has 1 aliphatic heterocycles. The van der Waals surface area contributed by atoms with Gasteiger partial charge in [-0.2, -0.15) is 0 Å². The Labute approximate surface area is 210 Å². The summed E-state index contributed by atoms with van der Waals surface area (Å²) < 4.78 is 13.5. The van der Waals surface area contributed by atoms with Gasteiger partial charge in [0.15, 0.2) is 11.5 Å². The van der Waals surface area contributed by atoms with Crippen molar-refractivity contribution in [1.29, 1.82) is 0 Å². The summed E-state index contributed by atoms with van der Waals surface area (Å²) in [5.74, 6) is 1.47. The van der Waals surface area contributed by atoms with E-state index in [9.17, 15) is 0 Å². The number of unbranched alkanes of at least 4 members (excludes halogenated alkanes) is 1. The van der Waals surface area contributed by atoms with Crippen LogP contribution in [0.5, 0.6) is 5.75 Å². The molecule has 2 aromatic heterocycles. The normalized spacial score (nSPS) is 14.4. The fraction of sp³-hybridized carbons (Fsp3) is 0.400. The first kappa shape index (κ1) is 24.7. The second kappa shape index (κ2) is 10.9. The molecular formula is C25H29Cl2N5O2. The second-order valence-electron chi connectivity index (χ2n) is 8.44. The van der Waals surface area contributed by atoms with Gasteiger partial charge in [0.1, 0.15) is 5.75 Å². The van der Waals surface area contributed by atoms with Crippen molar-refractivity contribution in [2.24, 2.45) is 0 Å². The Morgan fingerprint density at radius 1 is 1.09 bits per heavy atom. The van der Waals surface area contributed by atoms with Crippen molar-refractivity contribution in [2.45, 2.75) is 33.2 Å². The summed E-state index contributed by atoms with van der Waals surface area (Å²) in [5, 5.41) is 9.60. The van der Waals surface area contributed by atoms with E-state index in [4.69, 9.17) is 26.1 Å². The van der Waals surface area contributed by atoms with Crippen LogP contribution in [0.25, 0.3) is 28.1 Å². The molecule has 0 bridgehead atoms. The van der Waals surface area contributed by atoms with Crippen molar-refractivity contribution < 1.29 is 9.47 Å². The maximum absolute atomic E-state index is 6.63. The molecule has 1 fully saturated rings. The molecule has 4 aromatic rings.